The number of thiocarbonyl (C=S) groups is 2. The average Bonchev–Trinajstić information content (AvgIpc) is 2.48. The molecule has 1 aliphatic carbocycles. The Balaban J connectivity index is 2.12. The van der Waals surface area contributed by atoms with Gasteiger partial charge in [0, 0.05) is 38.3 Å². The summed E-state index contributed by atoms with van der Waals surface area (Å²) in [5.41, 5.74) is 0. The summed E-state index contributed by atoms with van der Waals surface area (Å²) in [7, 11) is 8.25. The molecule has 24 heavy (non-hydrogen) atoms. The van der Waals surface area contributed by atoms with E-state index in [0.717, 1.165) is 62.1 Å². The zero-order chi connectivity index (χ0) is 17.9. The number of likely N-dealkylation sites (N-methyl/N-ethyl adjacent to an activating group) is 2. The number of hydrogen-bond acceptors (Lipinski definition) is 4. The van der Waals surface area contributed by atoms with Crippen molar-refractivity contribution >= 4 is 34.7 Å². The maximum absolute atomic E-state index is 5.36. The van der Waals surface area contributed by atoms with Crippen molar-refractivity contribution in [1.29, 1.82) is 0 Å². The minimum atomic E-state index is 0.470. The minimum Gasteiger partial charge on any atom is -0.361 e. The molecular weight excluding hydrogens is 340 g/mol. The third-order valence-corrected chi connectivity index (χ3v) is 4.61. The Hall–Kier alpha value is -0.700. The molecule has 0 aromatic carbocycles. The van der Waals surface area contributed by atoms with Gasteiger partial charge in [-0.2, -0.15) is 0 Å². The van der Waals surface area contributed by atoms with Crippen molar-refractivity contribution in [3.05, 3.63) is 0 Å². The van der Waals surface area contributed by atoms with Crippen LogP contribution in [0.3, 0.4) is 0 Å². The van der Waals surface area contributed by atoms with Crippen LogP contribution in [0.4, 0.5) is 0 Å². The molecule has 1 aliphatic rings. The number of nitrogens with one attached hydrogen (secondary N) is 4. The maximum atomic E-state index is 5.36. The molecule has 4 N–H and O–H groups in total. The maximum Gasteiger partial charge on any atom is 0.166 e. The standard InChI is InChI=1S/C16H34N6S2/c1-21(2)11-9-17-15(23)19-13-5-7-14(8-6-13)20-16(24)18-10-12-22(3)4/h13-14H,5-12H2,1-4H3,(H2,17,19,23)(H2,18,20,24). The van der Waals surface area contributed by atoms with Gasteiger partial charge in [-0.3, -0.25) is 0 Å². The van der Waals surface area contributed by atoms with Crippen molar-refractivity contribution in [2.45, 2.75) is 37.8 Å². The fourth-order valence-electron chi connectivity index (χ4n) is 2.64. The first-order chi connectivity index (χ1) is 11.4. The van der Waals surface area contributed by atoms with Gasteiger partial charge in [-0.05, 0) is 78.3 Å². The molecule has 0 amide bonds. The second-order valence-electron chi connectivity index (χ2n) is 6.96. The molecule has 8 heteroatoms. The first-order valence-electron chi connectivity index (χ1n) is 8.75. The molecule has 0 unspecified atom stereocenters. The van der Waals surface area contributed by atoms with Gasteiger partial charge in [0.05, 0.1) is 0 Å². The molecule has 0 aromatic rings. The fourth-order valence-corrected chi connectivity index (χ4v) is 3.18. The van der Waals surface area contributed by atoms with Crippen LogP contribution in [0.5, 0.6) is 0 Å². The van der Waals surface area contributed by atoms with Crippen LogP contribution in [-0.4, -0.2) is 86.5 Å². The average molecular weight is 375 g/mol. The molecule has 1 fully saturated rings. The molecule has 1 saturated carbocycles. The van der Waals surface area contributed by atoms with Gasteiger partial charge in [0.1, 0.15) is 0 Å². The smallest absolute Gasteiger partial charge is 0.166 e. The quantitative estimate of drug-likeness (QED) is 0.454. The second-order valence-corrected chi connectivity index (χ2v) is 7.77. The largest absolute Gasteiger partial charge is 0.361 e. The Morgan fingerprint density at radius 1 is 0.750 bits per heavy atom. The summed E-state index contributed by atoms with van der Waals surface area (Å²) in [6.07, 6.45) is 4.47. The SMILES string of the molecule is CN(C)CCNC(=S)NC1CCC(NC(=S)NCCN(C)C)CC1. The first kappa shape index (κ1) is 21.3. The molecule has 0 aliphatic heterocycles. The van der Waals surface area contributed by atoms with E-state index in [4.69, 9.17) is 24.4 Å². The Morgan fingerprint density at radius 2 is 1.08 bits per heavy atom. The summed E-state index contributed by atoms with van der Waals surface area (Å²) in [6, 6.07) is 0.940. The summed E-state index contributed by atoms with van der Waals surface area (Å²) in [5, 5.41) is 14.9. The summed E-state index contributed by atoms with van der Waals surface area (Å²) in [6.45, 7) is 3.72. The fraction of sp³-hybridized carbons (Fsp3) is 0.875. The van der Waals surface area contributed by atoms with Gasteiger partial charge in [0.25, 0.3) is 0 Å². The Morgan fingerprint density at radius 3 is 1.38 bits per heavy atom. The number of hydrogen-bond donors (Lipinski definition) is 4. The zero-order valence-electron chi connectivity index (χ0n) is 15.5. The molecule has 140 valence electrons. The van der Waals surface area contributed by atoms with Crippen molar-refractivity contribution in [1.82, 2.24) is 31.1 Å². The van der Waals surface area contributed by atoms with Crippen LogP contribution in [-0.2, 0) is 0 Å². The molecule has 0 radical (unpaired) electrons. The van der Waals surface area contributed by atoms with E-state index < -0.39 is 0 Å². The molecule has 0 bridgehead atoms. The van der Waals surface area contributed by atoms with E-state index in [0.29, 0.717) is 12.1 Å². The highest BCUT2D eigenvalue weighted by Gasteiger charge is 2.21. The Labute approximate surface area is 158 Å². The van der Waals surface area contributed by atoms with E-state index in [2.05, 4.69) is 59.3 Å². The van der Waals surface area contributed by atoms with Crippen LogP contribution in [0.15, 0.2) is 0 Å². The van der Waals surface area contributed by atoms with Crippen molar-refractivity contribution < 1.29 is 0 Å². The van der Waals surface area contributed by atoms with Gasteiger partial charge in [0.15, 0.2) is 10.2 Å². The second kappa shape index (κ2) is 11.8. The predicted octanol–water partition coefficient (Wildman–Crippen LogP) is 0.349. The highest BCUT2D eigenvalue weighted by atomic mass is 32.1. The van der Waals surface area contributed by atoms with E-state index in [1.807, 2.05) is 0 Å². The predicted molar refractivity (Wildman–Crippen MR) is 111 cm³/mol. The zero-order valence-corrected chi connectivity index (χ0v) is 17.2. The summed E-state index contributed by atoms with van der Waals surface area (Å²) in [4.78, 5) is 4.28. The molecular formula is C16H34N6S2. The van der Waals surface area contributed by atoms with E-state index in [1.54, 1.807) is 0 Å². The van der Waals surface area contributed by atoms with Gasteiger partial charge in [-0.1, -0.05) is 0 Å². The molecule has 0 atom stereocenters. The molecule has 0 aromatic heterocycles. The van der Waals surface area contributed by atoms with Gasteiger partial charge in [0.2, 0.25) is 0 Å². The lowest BCUT2D eigenvalue weighted by atomic mass is 9.91. The monoisotopic (exact) mass is 374 g/mol. The van der Waals surface area contributed by atoms with Crippen molar-refractivity contribution in [2.24, 2.45) is 0 Å². The topological polar surface area (TPSA) is 54.6 Å². The summed E-state index contributed by atoms with van der Waals surface area (Å²) in [5.74, 6) is 0. The third kappa shape index (κ3) is 10.2. The molecule has 0 heterocycles. The summed E-state index contributed by atoms with van der Waals surface area (Å²) < 4.78 is 0. The van der Waals surface area contributed by atoms with Gasteiger partial charge in [-0.15, -0.1) is 0 Å². The van der Waals surface area contributed by atoms with Crippen LogP contribution in [0.1, 0.15) is 25.7 Å². The van der Waals surface area contributed by atoms with E-state index in [1.165, 1.54) is 0 Å². The molecule has 1 rings (SSSR count). The Kier molecular flexibility index (Phi) is 10.5. The minimum absolute atomic E-state index is 0.470. The van der Waals surface area contributed by atoms with Crippen molar-refractivity contribution in [2.75, 3.05) is 54.4 Å². The Bertz CT molecular complexity index is 345. The normalized spacial score (nSPS) is 20.8. The first-order valence-corrected chi connectivity index (χ1v) is 9.56. The van der Waals surface area contributed by atoms with Crippen LogP contribution in [0.2, 0.25) is 0 Å². The lowest BCUT2D eigenvalue weighted by Crippen LogP contribution is -2.49. The molecule has 0 spiro atoms. The highest BCUT2D eigenvalue weighted by molar-refractivity contribution is 7.80. The molecule has 6 nitrogen and oxygen atoms in total. The van der Waals surface area contributed by atoms with Crippen LogP contribution >= 0.6 is 24.4 Å². The lowest BCUT2D eigenvalue weighted by molar-refractivity contribution is 0.351. The van der Waals surface area contributed by atoms with Crippen molar-refractivity contribution in [3.63, 3.8) is 0 Å². The highest BCUT2D eigenvalue weighted by Crippen LogP contribution is 2.18. The van der Waals surface area contributed by atoms with Gasteiger partial charge >= 0.3 is 0 Å². The summed E-state index contributed by atoms with van der Waals surface area (Å²) >= 11 is 10.7. The van der Waals surface area contributed by atoms with E-state index in [9.17, 15) is 0 Å². The van der Waals surface area contributed by atoms with Gasteiger partial charge in [-0.25, -0.2) is 0 Å². The number of nitrogens with zero attached hydrogens (tertiary/aromatic N) is 2. The number of rotatable bonds is 8. The van der Waals surface area contributed by atoms with Crippen LogP contribution in [0.25, 0.3) is 0 Å². The van der Waals surface area contributed by atoms with Gasteiger partial charge < -0.3 is 31.1 Å². The van der Waals surface area contributed by atoms with E-state index in [-0.39, 0.29) is 0 Å². The van der Waals surface area contributed by atoms with Crippen LogP contribution < -0.4 is 21.3 Å². The van der Waals surface area contributed by atoms with Crippen LogP contribution in [0, 0.1) is 0 Å². The lowest BCUT2D eigenvalue weighted by Gasteiger charge is -2.31. The van der Waals surface area contributed by atoms with Crippen molar-refractivity contribution in [3.8, 4) is 0 Å². The third-order valence-electron chi connectivity index (χ3n) is 4.09. The molecule has 0 saturated heterocycles. The van der Waals surface area contributed by atoms with E-state index >= 15 is 0 Å².